The van der Waals surface area contributed by atoms with E-state index < -0.39 is 0 Å². The average molecular weight is 273 g/mol. The van der Waals surface area contributed by atoms with Gasteiger partial charge in [0.25, 0.3) is 0 Å². The summed E-state index contributed by atoms with van der Waals surface area (Å²) in [5, 5.41) is 3.07. The maximum absolute atomic E-state index is 11.9. The van der Waals surface area contributed by atoms with E-state index in [1.165, 1.54) is 11.1 Å². The summed E-state index contributed by atoms with van der Waals surface area (Å²) in [4.78, 5) is 11.9. The van der Waals surface area contributed by atoms with Crippen molar-refractivity contribution in [2.24, 2.45) is 0 Å². The van der Waals surface area contributed by atoms with Crippen LogP contribution in [0.1, 0.15) is 32.8 Å². The maximum atomic E-state index is 11.9. The SMILES string of the molecule is CC.CC1CC2=C(CO1)C(=O)NC2Cc1ccccc1. The van der Waals surface area contributed by atoms with Crippen LogP contribution in [0.3, 0.4) is 0 Å². The molecule has 2 atom stereocenters. The second-order valence-electron chi connectivity index (χ2n) is 5.05. The molecule has 108 valence electrons. The summed E-state index contributed by atoms with van der Waals surface area (Å²) in [7, 11) is 0. The minimum Gasteiger partial charge on any atom is -0.373 e. The third kappa shape index (κ3) is 3.10. The van der Waals surface area contributed by atoms with Gasteiger partial charge in [-0.2, -0.15) is 0 Å². The number of ether oxygens (including phenoxy) is 1. The minimum absolute atomic E-state index is 0.0535. The molecule has 1 amide bonds. The predicted molar refractivity (Wildman–Crippen MR) is 80.5 cm³/mol. The first kappa shape index (κ1) is 14.8. The quantitative estimate of drug-likeness (QED) is 0.900. The van der Waals surface area contributed by atoms with Gasteiger partial charge < -0.3 is 10.1 Å². The zero-order valence-corrected chi connectivity index (χ0v) is 12.5. The van der Waals surface area contributed by atoms with E-state index in [0.29, 0.717) is 6.61 Å². The molecule has 3 heteroatoms. The van der Waals surface area contributed by atoms with Crippen LogP contribution < -0.4 is 5.32 Å². The van der Waals surface area contributed by atoms with Crippen molar-refractivity contribution in [1.29, 1.82) is 0 Å². The van der Waals surface area contributed by atoms with Crippen molar-refractivity contribution >= 4 is 5.91 Å². The van der Waals surface area contributed by atoms with Gasteiger partial charge in [0.05, 0.1) is 18.8 Å². The third-order valence-electron chi connectivity index (χ3n) is 3.69. The Hall–Kier alpha value is -1.61. The summed E-state index contributed by atoms with van der Waals surface area (Å²) < 4.78 is 5.54. The van der Waals surface area contributed by atoms with E-state index in [1.807, 2.05) is 32.0 Å². The highest BCUT2D eigenvalue weighted by Gasteiger charge is 2.35. The van der Waals surface area contributed by atoms with E-state index >= 15 is 0 Å². The predicted octanol–water partition coefficient (Wildman–Crippen LogP) is 2.86. The molecule has 1 N–H and O–H groups in total. The summed E-state index contributed by atoms with van der Waals surface area (Å²) in [6.07, 6.45) is 1.96. The van der Waals surface area contributed by atoms with Crippen LogP contribution in [0.5, 0.6) is 0 Å². The van der Waals surface area contributed by atoms with E-state index in [1.54, 1.807) is 0 Å². The molecule has 1 aromatic rings. The van der Waals surface area contributed by atoms with Gasteiger partial charge in [0, 0.05) is 5.57 Å². The number of nitrogens with one attached hydrogen (secondary N) is 1. The first-order valence-electron chi connectivity index (χ1n) is 7.42. The van der Waals surface area contributed by atoms with Gasteiger partial charge in [-0.25, -0.2) is 0 Å². The van der Waals surface area contributed by atoms with Crippen molar-refractivity contribution in [2.75, 3.05) is 6.61 Å². The first-order chi connectivity index (χ1) is 9.74. The van der Waals surface area contributed by atoms with Crippen LogP contribution in [0.15, 0.2) is 41.5 Å². The zero-order chi connectivity index (χ0) is 14.5. The van der Waals surface area contributed by atoms with Crippen molar-refractivity contribution in [3.63, 3.8) is 0 Å². The molecule has 2 unspecified atom stereocenters. The fourth-order valence-electron chi connectivity index (χ4n) is 2.73. The molecule has 0 spiro atoms. The maximum Gasteiger partial charge on any atom is 0.250 e. The molecule has 3 rings (SSSR count). The lowest BCUT2D eigenvalue weighted by molar-refractivity contribution is -0.117. The Bertz CT molecular complexity index is 493. The Balaban J connectivity index is 0.000000704. The standard InChI is InChI=1S/C15H17NO2.C2H6/c1-10-7-12-13(9-18-10)15(17)16-14(12)8-11-5-3-2-4-6-11;1-2/h2-6,10,14H,7-9H2,1H3,(H,16,17);1-2H3. The highest BCUT2D eigenvalue weighted by molar-refractivity contribution is 5.98. The van der Waals surface area contributed by atoms with Crippen molar-refractivity contribution < 1.29 is 9.53 Å². The number of rotatable bonds is 2. The van der Waals surface area contributed by atoms with Crippen molar-refractivity contribution in [3.05, 3.63) is 47.0 Å². The molecule has 0 bridgehead atoms. The number of hydrogen-bond acceptors (Lipinski definition) is 2. The van der Waals surface area contributed by atoms with Crippen LogP contribution in [-0.4, -0.2) is 24.7 Å². The van der Waals surface area contributed by atoms with E-state index in [0.717, 1.165) is 18.4 Å². The number of hydrogen-bond donors (Lipinski definition) is 1. The van der Waals surface area contributed by atoms with Gasteiger partial charge in [0.15, 0.2) is 0 Å². The first-order valence-corrected chi connectivity index (χ1v) is 7.42. The summed E-state index contributed by atoms with van der Waals surface area (Å²) >= 11 is 0. The van der Waals surface area contributed by atoms with Gasteiger partial charge in [-0.15, -0.1) is 0 Å². The van der Waals surface area contributed by atoms with Crippen molar-refractivity contribution in [3.8, 4) is 0 Å². The summed E-state index contributed by atoms with van der Waals surface area (Å²) in [6.45, 7) is 6.53. The summed E-state index contributed by atoms with van der Waals surface area (Å²) in [5.41, 5.74) is 3.37. The Morgan fingerprint density at radius 1 is 1.25 bits per heavy atom. The van der Waals surface area contributed by atoms with Gasteiger partial charge in [-0.3, -0.25) is 4.79 Å². The van der Waals surface area contributed by atoms with E-state index in [-0.39, 0.29) is 18.1 Å². The number of carbonyl (C=O) groups is 1. The molecule has 0 saturated carbocycles. The zero-order valence-electron chi connectivity index (χ0n) is 12.5. The third-order valence-corrected chi connectivity index (χ3v) is 3.69. The molecular formula is C17H23NO2. The van der Waals surface area contributed by atoms with Crippen LogP contribution >= 0.6 is 0 Å². The topological polar surface area (TPSA) is 38.3 Å². The molecule has 3 nitrogen and oxygen atoms in total. The molecule has 0 aromatic heterocycles. The Morgan fingerprint density at radius 2 is 1.95 bits per heavy atom. The number of amides is 1. The number of benzene rings is 1. The van der Waals surface area contributed by atoms with Gasteiger partial charge in [0.1, 0.15) is 0 Å². The highest BCUT2D eigenvalue weighted by Crippen LogP contribution is 2.29. The fraction of sp³-hybridized carbons (Fsp3) is 0.471. The summed E-state index contributed by atoms with van der Waals surface area (Å²) in [5.74, 6) is 0.0535. The largest absolute Gasteiger partial charge is 0.373 e. The van der Waals surface area contributed by atoms with Crippen LogP contribution in [0.2, 0.25) is 0 Å². The molecular weight excluding hydrogens is 250 g/mol. The molecule has 2 heterocycles. The minimum atomic E-state index is 0.0535. The Morgan fingerprint density at radius 3 is 2.65 bits per heavy atom. The van der Waals surface area contributed by atoms with Crippen LogP contribution in [-0.2, 0) is 16.0 Å². The van der Waals surface area contributed by atoms with Gasteiger partial charge in [-0.1, -0.05) is 44.2 Å². The smallest absolute Gasteiger partial charge is 0.250 e. The molecule has 0 aliphatic carbocycles. The second kappa shape index (κ2) is 6.71. The van der Waals surface area contributed by atoms with Gasteiger partial charge in [-0.05, 0) is 30.9 Å². The molecule has 1 aromatic carbocycles. The summed E-state index contributed by atoms with van der Waals surface area (Å²) in [6, 6.07) is 10.4. The molecule has 0 saturated heterocycles. The van der Waals surface area contributed by atoms with Crippen molar-refractivity contribution in [1.82, 2.24) is 5.32 Å². The number of carbonyl (C=O) groups excluding carboxylic acids is 1. The normalized spacial score (nSPS) is 24.6. The molecule has 20 heavy (non-hydrogen) atoms. The Labute approximate surface area is 121 Å². The lowest BCUT2D eigenvalue weighted by Gasteiger charge is -2.23. The monoisotopic (exact) mass is 273 g/mol. The van der Waals surface area contributed by atoms with Crippen LogP contribution in [0.25, 0.3) is 0 Å². The van der Waals surface area contributed by atoms with Crippen LogP contribution in [0.4, 0.5) is 0 Å². The van der Waals surface area contributed by atoms with Crippen LogP contribution in [0, 0.1) is 0 Å². The lowest BCUT2D eigenvalue weighted by atomic mass is 9.93. The lowest BCUT2D eigenvalue weighted by Crippen LogP contribution is -2.31. The molecule has 2 aliphatic heterocycles. The van der Waals surface area contributed by atoms with E-state index in [2.05, 4.69) is 24.4 Å². The second-order valence-corrected chi connectivity index (χ2v) is 5.05. The fourth-order valence-corrected chi connectivity index (χ4v) is 2.73. The van der Waals surface area contributed by atoms with E-state index in [4.69, 9.17) is 4.74 Å². The van der Waals surface area contributed by atoms with E-state index in [9.17, 15) is 4.79 Å². The molecule has 0 fully saturated rings. The highest BCUT2D eigenvalue weighted by atomic mass is 16.5. The Kier molecular flexibility index (Phi) is 4.96. The van der Waals surface area contributed by atoms with Gasteiger partial charge >= 0.3 is 0 Å². The van der Waals surface area contributed by atoms with Crippen molar-refractivity contribution in [2.45, 2.75) is 45.8 Å². The molecule has 0 radical (unpaired) electrons. The van der Waals surface area contributed by atoms with Gasteiger partial charge in [0.2, 0.25) is 5.91 Å². The average Bonchev–Trinajstić information content (AvgIpc) is 2.78. The molecule has 2 aliphatic rings.